The van der Waals surface area contributed by atoms with Gasteiger partial charge in [0.05, 0.1) is 5.69 Å². The standard InChI is InChI=1S/C18H26BrN3O.ClH/c1-18(8-9-20-12-18)13-22-10-6-14(7-11-22)17(23)21-16-5-3-2-4-15(16)19;/h2-5,14,20H,6-13H2,1H3,(H,21,23);1H. The number of carbonyl (C=O) groups excluding carboxylic acids is 1. The van der Waals surface area contributed by atoms with Crippen LogP contribution in [0.5, 0.6) is 0 Å². The van der Waals surface area contributed by atoms with Crippen LogP contribution in [0.2, 0.25) is 0 Å². The van der Waals surface area contributed by atoms with Gasteiger partial charge in [-0.2, -0.15) is 0 Å². The molecule has 0 aliphatic carbocycles. The van der Waals surface area contributed by atoms with Crippen molar-refractivity contribution in [2.24, 2.45) is 11.3 Å². The normalized spacial score (nSPS) is 25.2. The molecule has 1 unspecified atom stereocenters. The molecule has 6 heteroatoms. The van der Waals surface area contributed by atoms with Crippen LogP contribution in [-0.4, -0.2) is 43.5 Å². The molecule has 1 atom stereocenters. The minimum atomic E-state index is 0. The summed E-state index contributed by atoms with van der Waals surface area (Å²) in [5.41, 5.74) is 1.27. The van der Waals surface area contributed by atoms with E-state index in [9.17, 15) is 4.79 Å². The zero-order valence-electron chi connectivity index (χ0n) is 14.2. The van der Waals surface area contributed by atoms with Gasteiger partial charge in [-0.1, -0.05) is 19.1 Å². The molecule has 2 saturated heterocycles. The maximum Gasteiger partial charge on any atom is 0.227 e. The second kappa shape index (κ2) is 8.65. The Balaban J connectivity index is 0.00000208. The molecule has 2 heterocycles. The molecular weight excluding hydrogens is 390 g/mol. The summed E-state index contributed by atoms with van der Waals surface area (Å²) >= 11 is 3.48. The van der Waals surface area contributed by atoms with Crippen LogP contribution in [-0.2, 0) is 4.79 Å². The molecule has 0 spiro atoms. The fraction of sp³-hybridized carbons (Fsp3) is 0.611. The van der Waals surface area contributed by atoms with E-state index in [1.54, 1.807) is 0 Å². The molecule has 134 valence electrons. The molecule has 2 aliphatic rings. The number of para-hydroxylation sites is 1. The van der Waals surface area contributed by atoms with Crippen molar-refractivity contribution in [3.63, 3.8) is 0 Å². The Morgan fingerprint density at radius 3 is 2.71 bits per heavy atom. The van der Waals surface area contributed by atoms with Crippen LogP contribution >= 0.6 is 28.3 Å². The average molecular weight is 417 g/mol. The molecule has 0 radical (unpaired) electrons. The van der Waals surface area contributed by atoms with Crippen molar-refractivity contribution in [1.29, 1.82) is 0 Å². The third-order valence-electron chi connectivity index (χ3n) is 5.15. The number of carbonyl (C=O) groups is 1. The number of piperidine rings is 1. The third-order valence-corrected chi connectivity index (χ3v) is 5.84. The average Bonchev–Trinajstić information content (AvgIpc) is 2.96. The summed E-state index contributed by atoms with van der Waals surface area (Å²) in [5.74, 6) is 0.290. The van der Waals surface area contributed by atoms with Gasteiger partial charge in [0.1, 0.15) is 0 Å². The van der Waals surface area contributed by atoms with Crippen molar-refractivity contribution in [1.82, 2.24) is 10.2 Å². The van der Waals surface area contributed by atoms with Crippen molar-refractivity contribution >= 4 is 39.9 Å². The second-order valence-corrected chi connectivity index (χ2v) is 8.11. The molecule has 1 amide bonds. The highest BCUT2D eigenvalue weighted by Crippen LogP contribution is 2.29. The number of benzene rings is 1. The van der Waals surface area contributed by atoms with E-state index in [2.05, 4.69) is 38.4 Å². The Morgan fingerprint density at radius 1 is 1.38 bits per heavy atom. The first kappa shape index (κ1) is 19.7. The third kappa shape index (κ3) is 4.94. The number of halogens is 2. The molecular formula is C18H27BrClN3O. The first-order valence-electron chi connectivity index (χ1n) is 8.54. The van der Waals surface area contributed by atoms with E-state index in [1.807, 2.05) is 24.3 Å². The van der Waals surface area contributed by atoms with Crippen LogP contribution in [0.1, 0.15) is 26.2 Å². The number of hydrogen-bond donors (Lipinski definition) is 2. The van der Waals surface area contributed by atoms with Gasteiger partial charge in [0.15, 0.2) is 0 Å². The minimum Gasteiger partial charge on any atom is -0.325 e. The maximum absolute atomic E-state index is 12.5. The number of nitrogens with one attached hydrogen (secondary N) is 2. The van der Waals surface area contributed by atoms with E-state index in [0.717, 1.165) is 55.7 Å². The van der Waals surface area contributed by atoms with Crippen LogP contribution < -0.4 is 10.6 Å². The predicted octanol–water partition coefficient (Wildman–Crippen LogP) is 3.52. The lowest BCUT2D eigenvalue weighted by atomic mass is 9.87. The molecule has 0 aromatic heterocycles. The summed E-state index contributed by atoms with van der Waals surface area (Å²) in [4.78, 5) is 15.0. The molecule has 1 aromatic carbocycles. The van der Waals surface area contributed by atoms with Crippen molar-refractivity contribution in [3.8, 4) is 0 Å². The number of hydrogen-bond acceptors (Lipinski definition) is 3. The van der Waals surface area contributed by atoms with E-state index in [4.69, 9.17) is 0 Å². The van der Waals surface area contributed by atoms with Gasteiger partial charge in [-0.15, -0.1) is 12.4 Å². The van der Waals surface area contributed by atoms with Crippen LogP contribution in [0.3, 0.4) is 0 Å². The number of rotatable bonds is 4. The van der Waals surface area contributed by atoms with Gasteiger partial charge < -0.3 is 15.5 Å². The molecule has 0 saturated carbocycles. The number of likely N-dealkylation sites (tertiary alicyclic amines) is 1. The van der Waals surface area contributed by atoms with E-state index in [1.165, 1.54) is 6.42 Å². The van der Waals surface area contributed by atoms with Crippen molar-refractivity contribution in [3.05, 3.63) is 28.7 Å². The minimum absolute atomic E-state index is 0. The summed E-state index contributed by atoms with van der Waals surface area (Å²) in [6, 6.07) is 7.79. The zero-order chi connectivity index (χ0) is 16.3. The van der Waals surface area contributed by atoms with E-state index in [0.29, 0.717) is 5.41 Å². The highest BCUT2D eigenvalue weighted by atomic mass is 79.9. The topological polar surface area (TPSA) is 44.4 Å². The lowest BCUT2D eigenvalue weighted by molar-refractivity contribution is -0.121. The van der Waals surface area contributed by atoms with Crippen LogP contribution in [0.15, 0.2) is 28.7 Å². The van der Waals surface area contributed by atoms with Gasteiger partial charge in [0, 0.05) is 23.5 Å². The zero-order valence-corrected chi connectivity index (χ0v) is 16.6. The molecule has 2 fully saturated rings. The Bertz CT molecular complexity index is 555. The monoisotopic (exact) mass is 415 g/mol. The summed E-state index contributed by atoms with van der Waals surface area (Å²) in [6.45, 7) is 7.85. The van der Waals surface area contributed by atoms with Gasteiger partial charge in [-0.3, -0.25) is 4.79 Å². The molecule has 0 bridgehead atoms. The fourth-order valence-corrected chi connectivity index (χ4v) is 4.08. The Kier molecular flexibility index (Phi) is 7.10. The van der Waals surface area contributed by atoms with Gasteiger partial charge in [-0.25, -0.2) is 0 Å². The molecule has 24 heavy (non-hydrogen) atoms. The van der Waals surface area contributed by atoms with Crippen LogP contribution in [0.25, 0.3) is 0 Å². The summed E-state index contributed by atoms with van der Waals surface area (Å²) in [5, 5.41) is 6.53. The number of amides is 1. The molecule has 2 N–H and O–H groups in total. The number of anilines is 1. The van der Waals surface area contributed by atoms with E-state index in [-0.39, 0.29) is 24.2 Å². The van der Waals surface area contributed by atoms with E-state index >= 15 is 0 Å². The summed E-state index contributed by atoms with van der Waals surface area (Å²) in [6.07, 6.45) is 3.18. The highest BCUT2D eigenvalue weighted by Gasteiger charge is 2.33. The lowest BCUT2D eigenvalue weighted by Crippen LogP contribution is -2.43. The Morgan fingerprint density at radius 2 is 2.08 bits per heavy atom. The first-order chi connectivity index (χ1) is 11.1. The maximum atomic E-state index is 12.5. The van der Waals surface area contributed by atoms with Crippen molar-refractivity contribution in [2.45, 2.75) is 26.2 Å². The highest BCUT2D eigenvalue weighted by molar-refractivity contribution is 9.10. The fourth-order valence-electron chi connectivity index (χ4n) is 3.69. The van der Waals surface area contributed by atoms with Crippen LogP contribution in [0, 0.1) is 11.3 Å². The lowest BCUT2D eigenvalue weighted by Gasteiger charge is -2.36. The molecule has 1 aromatic rings. The Labute approximate surface area is 159 Å². The van der Waals surface area contributed by atoms with Gasteiger partial charge in [0.25, 0.3) is 0 Å². The SMILES string of the molecule is CC1(CN2CCC(C(=O)Nc3ccccc3Br)CC2)CCNC1.Cl. The largest absolute Gasteiger partial charge is 0.325 e. The molecule has 2 aliphatic heterocycles. The van der Waals surface area contributed by atoms with Crippen molar-refractivity contribution < 1.29 is 4.79 Å². The Hall–Kier alpha value is -0.620. The van der Waals surface area contributed by atoms with Gasteiger partial charge in [-0.05, 0) is 72.4 Å². The van der Waals surface area contributed by atoms with Crippen molar-refractivity contribution in [2.75, 3.05) is 38.0 Å². The number of nitrogens with zero attached hydrogens (tertiary/aromatic N) is 1. The van der Waals surface area contributed by atoms with E-state index < -0.39 is 0 Å². The second-order valence-electron chi connectivity index (χ2n) is 7.26. The molecule has 3 rings (SSSR count). The first-order valence-corrected chi connectivity index (χ1v) is 9.34. The summed E-state index contributed by atoms with van der Waals surface area (Å²) < 4.78 is 0.937. The molecule has 4 nitrogen and oxygen atoms in total. The quantitative estimate of drug-likeness (QED) is 0.789. The smallest absolute Gasteiger partial charge is 0.227 e. The van der Waals surface area contributed by atoms with Crippen LogP contribution in [0.4, 0.5) is 5.69 Å². The van der Waals surface area contributed by atoms with Gasteiger partial charge in [0.2, 0.25) is 5.91 Å². The summed E-state index contributed by atoms with van der Waals surface area (Å²) in [7, 11) is 0. The predicted molar refractivity (Wildman–Crippen MR) is 105 cm³/mol. The van der Waals surface area contributed by atoms with Gasteiger partial charge >= 0.3 is 0 Å².